The summed E-state index contributed by atoms with van der Waals surface area (Å²) in [6.45, 7) is 3.43. The maximum Gasteiger partial charge on any atom is 0.330 e. The van der Waals surface area contributed by atoms with Gasteiger partial charge in [-0.2, -0.15) is 0 Å². The number of hydrogen-bond acceptors (Lipinski definition) is 4. The molecule has 0 radical (unpaired) electrons. The maximum absolute atomic E-state index is 10.8. The van der Waals surface area contributed by atoms with E-state index in [2.05, 4.69) is 9.47 Å². The Hall–Kier alpha value is -1.58. The van der Waals surface area contributed by atoms with Crippen molar-refractivity contribution in [2.75, 3.05) is 14.2 Å². The standard InChI is InChI=1S/C10H14O4/c1-7(5-9(11)13-3)8(2)6-10(12)14-4/h5-6H,1-4H3/b7-5-,8-6-. The van der Waals surface area contributed by atoms with Crippen LogP contribution in [0.5, 0.6) is 0 Å². The molecule has 0 aliphatic rings. The average Bonchev–Trinajstić information content (AvgIpc) is 2.17. The molecule has 4 nitrogen and oxygen atoms in total. The number of carbonyl (C=O) groups is 2. The average molecular weight is 198 g/mol. The SMILES string of the molecule is COC(=O)/C=C(C)\C(C)=C/C(=O)OC. The van der Waals surface area contributed by atoms with Gasteiger partial charge in [0.2, 0.25) is 0 Å². The Morgan fingerprint density at radius 2 is 1.14 bits per heavy atom. The molecule has 0 aromatic heterocycles. The first-order valence-electron chi connectivity index (χ1n) is 4.04. The summed E-state index contributed by atoms with van der Waals surface area (Å²) in [4.78, 5) is 21.7. The highest BCUT2D eigenvalue weighted by Crippen LogP contribution is 2.08. The zero-order valence-electron chi connectivity index (χ0n) is 8.79. The Morgan fingerprint density at radius 1 is 0.857 bits per heavy atom. The molecule has 0 heterocycles. The summed E-state index contributed by atoms with van der Waals surface area (Å²) < 4.78 is 8.89. The first-order chi connectivity index (χ1) is 6.51. The van der Waals surface area contributed by atoms with Crippen LogP contribution in [0.1, 0.15) is 13.8 Å². The lowest BCUT2D eigenvalue weighted by Crippen LogP contribution is -1.99. The lowest BCUT2D eigenvalue weighted by atomic mass is 10.1. The lowest BCUT2D eigenvalue weighted by molar-refractivity contribution is -0.135. The fraction of sp³-hybridized carbons (Fsp3) is 0.400. The fourth-order valence-corrected chi connectivity index (χ4v) is 0.699. The van der Waals surface area contributed by atoms with Gasteiger partial charge in [0.05, 0.1) is 14.2 Å². The van der Waals surface area contributed by atoms with Crippen LogP contribution in [-0.4, -0.2) is 26.2 Å². The number of ether oxygens (including phenoxy) is 2. The summed E-state index contributed by atoms with van der Waals surface area (Å²) in [5.41, 5.74) is 1.34. The molecule has 0 fully saturated rings. The molecule has 0 unspecified atom stereocenters. The van der Waals surface area contributed by atoms with Crippen LogP contribution < -0.4 is 0 Å². The van der Waals surface area contributed by atoms with E-state index in [1.54, 1.807) is 13.8 Å². The first-order valence-corrected chi connectivity index (χ1v) is 4.04. The summed E-state index contributed by atoms with van der Waals surface area (Å²) >= 11 is 0. The Labute approximate surface area is 83.2 Å². The second-order valence-electron chi connectivity index (χ2n) is 2.70. The van der Waals surface area contributed by atoms with Crippen LogP contribution >= 0.6 is 0 Å². The number of methoxy groups -OCH3 is 2. The van der Waals surface area contributed by atoms with E-state index in [-0.39, 0.29) is 0 Å². The topological polar surface area (TPSA) is 52.6 Å². The molecule has 0 aliphatic heterocycles. The molecule has 14 heavy (non-hydrogen) atoms. The molecule has 0 saturated heterocycles. The summed E-state index contributed by atoms with van der Waals surface area (Å²) in [5.74, 6) is -0.889. The van der Waals surface area contributed by atoms with Gasteiger partial charge in [0.15, 0.2) is 0 Å². The maximum atomic E-state index is 10.8. The summed E-state index contributed by atoms with van der Waals surface area (Å²) in [6.07, 6.45) is 2.63. The Kier molecular flexibility index (Phi) is 5.29. The van der Waals surface area contributed by atoms with E-state index >= 15 is 0 Å². The van der Waals surface area contributed by atoms with E-state index in [0.717, 1.165) is 0 Å². The number of allylic oxidation sites excluding steroid dienone is 2. The van der Waals surface area contributed by atoms with Crippen molar-refractivity contribution in [2.24, 2.45) is 0 Å². The van der Waals surface area contributed by atoms with Gasteiger partial charge in [-0.05, 0) is 25.0 Å². The van der Waals surface area contributed by atoms with Crippen LogP contribution in [0.2, 0.25) is 0 Å². The van der Waals surface area contributed by atoms with Gasteiger partial charge >= 0.3 is 11.9 Å². The molecule has 0 spiro atoms. The minimum absolute atomic E-state index is 0.444. The molecule has 0 aromatic rings. The second kappa shape index (κ2) is 5.96. The minimum Gasteiger partial charge on any atom is -0.466 e. The predicted molar refractivity (Wildman–Crippen MR) is 51.5 cm³/mol. The van der Waals surface area contributed by atoms with E-state index in [0.29, 0.717) is 11.1 Å². The van der Waals surface area contributed by atoms with Crippen molar-refractivity contribution in [3.63, 3.8) is 0 Å². The number of rotatable bonds is 3. The largest absolute Gasteiger partial charge is 0.466 e. The van der Waals surface area contributed by atoms with Crippen LogP contribution in [0, 0.1) is 0 Å². The van der Waals surface area contributed by atoms with Gasteiger partial charge in [0, 0.05) is 12.2 Å². The lowest BCUT2D eigenvalue weighted by Gasteiger charge is -2.00. The van der Waals surface area contributed by atoms with Gasteiger partial charge in [-0.25, -0.2) is 9.59 Å². The van der Waals surface area contributed by atoms with Crippen molar-refractivity contribution in [2.45, 2.75) is 13.8 Å². The van der Waals surface area contributed by atoms with Gasteiger partial charge in [0.25, 0.3) is 0 Å². The van der Waals surface area contributed by atoms with Crippen LogP contribution in [0.4, 0.5) is 0 Å². The van der Waals surface area contributed by atoms with Gasteiger partial charge in [-0.3, -0.25) is 0 Å². The normalized spacial score (nSPS) is 12.3. The Bertz CT molecular complexity index is 256. The molecule has 0 amide bonds. The van der Waals surface area contributed by atoms with Crippen molar-refractivity contribution in [3.8, 4) is 0 Å². The van der Waals surface area contributed by atoms with Gasteiger partial charge in [-0.1, -0.05) is 0 Å². The van der Waals surface area contributed by atoms with E-state index in [9.17, 15) is 9.59 Å². The highest BCUT2D eigenvalue weighted by Gasteiger charge is 2.01. The molecule has 0 aromatic carbocycles. The van der Waals surface area contributed by atoms with Crippen molar-refractivity contribution < 1.29 is 19.1 Å². The molecule has 0 atom stereocenters. The molecule has 0 saturated carbocycles. The summed E-state index contributed by atoms with van der Waals surface area (Å²) in [5, 5.41) is 0. The molecule has 78 valence electrons. The quantitative estimate of drug-likeness (QED) is 0.389. The number of hydrogen-bond donors (Lipinski definition) is 0. The smallest absolute Gasteiger partial charge is 0.330 e. The van der Waals surface area contributed by atoms with Crippen LogP contribution in [0.15, 0.2) is 23.3 Å². The third-order valence-electron chi connectivity index (χ3n) is 1.69. The third kappa shape index (κ3) is 4.45. The number of esters is 2. The van der Waals surface area contributed by atoms with Crippen molar-refractivity contribution in [3.05, 3.63) is 23.3 Å². The Balaban J connectivity index is 4.61. The van der Waals surface area contributed by atoms with Crippen molar-refractivity contribution in [1.29, 1.82) is 0 Å². The molecule has 0 aliphatic carbocycles. The van der Waals surface area contributed by atoms with E-state index in [1.165, 1.54) is 26.4 Å². The fourth-order valence-electron chi connectivity index (χ4n) is 0.699. The zero-order chi connectivity index (χ0) is 11.1. The van der Waals surface area contributed by atoms with Crippen molar-refractivity contribution >= 4 is 11.9 Å². The van der Waals surface area contributed by atoms with Gasteiger partial charge in [-0.15, -0.1) is 0 Å². The summed E-state index contributed by atoms with van der Waals surface area (Å²) in [6, 6.07) is 0. The minimum atomic E-state index is -0.444. The van der Waals surface area contributed by atoms with Crippen molar-refractivity contribution in [1.82, 2.24) is 0 Å². The summed E-state index contributed by atoms with van der Waals surface area (Å²) in [7, 11) is 2.59. The highest BCUT2D eigenvalue weighted by molar-refractivity contribution is 5.86. The molecule has 0 bridgehead atoms. The third-order valence-corrected chi connectivity index (χ3v) is 1.69. The van der Waals surface area contributed by atoms with Crippen LogP contribution in [0.25, 0.3) is 0 Å². The van der Waals surface area contributed by atoms with Crippen LogP contribution in [0.3, 0.4) is 0 Å². The molecular weight excluding hydrogens is 184 g/mol. The zero-order valence-corrected chi connectivity index (χ0v) is 8.79. The van der Waals surface area contributed by atoms with E-state index in [4.69, 9.17) is 0 Å². The van der Waals surface area contributed by atoms with E-state index < -0.39 is 11.9 Å². The molecular formula is C10H14O4. The Morgan fingerprint density at radius 3 is 1.36 bits per heavy atom. The first kappa shape index (κ1) is 12.4. The van der Waals surface area contributed by atoms with Gasteiger partial charge in [0.1, 0.15) is 0 Å². The second-order valence-corrected chi connectivity index (χ2v) is 2.70. The monoisotopic (exact) mass is 198 g/mol. The molecule has 4 heteroatoms. The number of carbonyl (C=O) groups excluding carboxylic acids is 2. The molecule has 0 N–H and O–H groups in total. The van der Waals surface area contributed by atoms with E-state index in [1.807, 2.05) is 0 Å². The van der Waals surface area contributed by atoms with Gasteiger partial charge < -0.3 is 9.47 Å². The van der Waals surface area contributed by atoms with Crippen LogP contribution in [-0.2, 0) is 19.1 Å². The predicted octanol–water partition coefficient (Wildman–Crippen LogP) is 1.22. The molecule has 0 rings (SSSR count). The highest BCUT2D eigenvalue weighted by atomic mass is 16.5.